The van der Waals surface area contributed by atoms with E-state index in [4.69, 9.17) is 10.3 Å². The van der Waals surface area contributed by atoms with Crippen molar-refractivity contribution in [2.45, 2.75) is 0 Å². The summed E-state index contributed by atoms with van der Waals surface area (Å²) in [5.41, 5.74) is 7.30. The zero-order valence-electron chi connectivity index (χ0n) is 10.3. The lowest BCUT2D eigenvalue weighted by Crippen LogP contribution is -2.02. The van der Waals surface area contributed by atoms with Gasteiger partial charge in [-0.2, -0.15) is 0 Å². The molecule has 0 fully saturated rings. The first-order valence-electron chi connectivity index (χ1n) is 5.85. The molecule has 2 aromatic heterocycles. The molecule has 0 aliphatic rings. The van der Waals surface area contributed by atoms with Gasteiger partial charge in [-0.1, -0.05) is 17.3 Å². The standard InChI is InChI=1S/C14H10FN3O2/c15-10-3-1-8(2-4-10)12-13(20-18-14(12)16)9-5-6-17-11(19)7-9/h1-7H,(H2,16,18)(H,17,19). The van der Waals surface area contributed by atoms with E-state index in [1.54, 1.807) is 18.2 Å². The van der Waals surface area contributed by atoms with Crippen molar-refractivity contribution in [3.8, 4) is 22.5 Å². The van der Waals surface area contributed by atoms with E-state index in [0.717, 1.165) is 0 Å². The summed E-state index contributed by atoms with van der Waals surface area (Å²) >= 11 is 0. The smallest absolute Gasteiger partial charge is 0.248 e. The number of nitrogen functional groups attached to an aromatic ring is 1. The zero-order chi connectivity index (χ0) is 14.1. The van der Waals surface area contributed by atoms with Crippen molar-refractivity contribution in [1.82, 2.24) is 10.1 Å². The number of hydrogen-bond acceptors (Lipinski definition) is 4. The first-order valence-corrected chi connectivity index (χ1v) is 5.85. The first kappa shape index (κ1) is 12.2. The van der Waals surface area contributed by atoms with Crippen LogP contribution in [0.15, 0.2) is 51.9 Å². The Morgan fingerprint density at radius 3 is 2.60 bits per heavy atom. The topological polar surface area (TPSA) is 84.9 Å². The molecule has 0 saturated heterocycles. The van der Waals surface area contributed by atoms with E-state index in [2.05, 4.69) is 10.1 Å². The summed E-state index contributed by atoms with van der Waals surface area (Å²) in [4.78, 5) is 13.9. The van der Waals surface area contributed by atoms with Crippen LogP contribution in [0.3, 0.4) is 0 Å². The van der Waals surface area contributed by atoms with E-state index in [1.807, 2.05) is 0 Å². The second kappa shape index (κ2) is 4.65. The molecule has 6 heteroatoms. The van der Waals surface area contributed by atoms with Crippen molar-refractivity contribution in [3.05, 3.63) is 58.8 Å². The highest BCUT2D eigenvalue weighted by atomic mass is 19.1. The minimum atomic E-state index is -0.346. The minimum Gasteiger partial charge on any atom is -0.380 e. The molecule has 3 rings (SSSR count). The van der Waals surface area contributed by atoms with E-state index in [-0.39, 0.29) is 17.2 Å². The Morgan fingerprint density at radius 1 is 1.15 bits per heavy atom. The quantitative estimate of drug-likeness (QED) is 0.749. The van der Waals surface area contributed by atoms with Gasteiger partial charge < -0.3 is 15.2 Å². The van der Waals surface area contributed by atoms with Crippen LogP contribution in [0.5, 0.6) is 0 Å². The van der Waals surface area contributed by atoms with E-state index in [9.17, 15) is 9.18 Å². The Kier molecular flexibility index (Phi) is 2.83. The molecule has 0 atom stereocenters. The van der Waals surface area contributed by atoms with Crippen molar-refractivity contribution in [2.24, 2.45) is 0 Å². The summed E-state index contributed by atoms with van der Waals surface area (Å²) < 4.78 is 18.2. The predicted molar refractivity (Wildman–Crippen MR) is 72.4 cm³/mol. The van der Waals surface area contributed by atoms with Crippen LogP contribution in [0.4, 0.5) is 10.2 Å². The molecular weight excluding hydrogens is 261 g/mol. The Balaban J connectivity index is 2.19. The molecule has 20 heavy (non-hydrogen) atoms. The summed E-state index contributed by atoms with van der Waals surface area (Å²) in [6, 6.07) is 8.86. The fourth-order valence-corrected chi connectivity index (χ4v) is 1.98. The fourth-order valence-electron chi connectivity index (χ4n) is 1.98. The van der Waals surface area contributed by atoms with Gasteiger partial charge in [-0.05, 0) is 23.8 Å². The molecule has 0 bridgehead atoms. The number of aromatic amines is 1. The lowest BCUT2D eigenvalue weighted by molar-refractivity contribution is 0.436. The van der Waals surface area contributed by atoms with E-state index >= 15 is 0 Å². The normalized spacial score (nSPS) is 10.7. The van der Waals surface area contributed by atoms with Crippen LogP contribution < -0.4 is 11.3 Å². The van der Waals surface area contributed by atoms with E-state index < -0.39 is 0 Å². The SMILES string of the molecule is Nc1noc(-c2cc[nH]c(=O)c2)c1-c1ccc(F)cc1. The van der Waals surface area contributed by atoms with Crippen LogP contribution in [0.2, 0.25) is 0 Å². The van der Waals surface area contributed by atoms with Gasteiger partial charge in [0.05, 0.1) is 5.56 Å². The lowest BCUT2D eigenvalue weighted by Gasteiger charge is -2.02. The Morgan fingerprint density at radius 2 is 1.90 bits per heavy atom. The van der Waals surface area contributed by atoms with Crippen molar-refractivity contribution in [1.29, 1.82) is 0 Å². The molecule has 0 radical (unpaired) electrons. The molecule has 1 aromatic carbocycles. The van der Waals surface area contributed by atoms with Crippen molar-refractivity contribution in [3.63, 3.8) is 0 Å². The fraction of sp³-hybridized carbons (Fsp3) is 0. The number of rotatable bonds is 2. The number of aromatic nitrogens is 2. The van der Waals surface area contributed by atoms with Crippen LogP contribution >= 0.6 is 0 Å². The van der Waals surface area contributed by atoms with Crippen LogP contribution in [0, 0.1) is 5.82 Å². The lowest BCUT2D eigenvalue weighted by atomic mass is 10.0. The number of benzene rings is 1. The van der Waals surface area contributed by atoms with Crippen molar-refractivity contribution < 1.29 is 8.91 Å². The maximum absolute atomic E-state index is 13.0. The molecule has 2 heterocycles. The second-order valence-electron chi connectivity index (χ2n) is 4.22. The number of pyridine rings is 1. The molecule has 100 valence electrons. The average Bonchev–Trinajstić information content (AvgIpc) is 2.82. The van der Waals surface area contributed by atoms with E-state index in [0.29, 0.717) is 22.5 Å². The van der Waals surface area contributed by atoms with Crippen molar-refractivity contribution >= 4 is 5.82 Å². The van der Waals surface area contributed by atoms with Crippen LogP contribution in [-0.4, -0.2) is 10.1 Å². The summed E-state index contributed by atoms with van der Waals surface area (Å²) in [5, 5.41) is 3.72. The minimum absolute atomic E-state index is 0.187. The Hall–Kier alpha value is -2.89. The maximum atomic E-state index is 13.0. The number of H-pyrrole nitrogens is 1. The van der Waals surface area contributed by atoms with Gasteiger partial charge >= 0.3 is 0 Å². The Bertz CT molecular complexity index is 806. The number of anilines is 1. The van der Waals surface area contributed by atoms with Gasteiger partial charge in [0.1, 0.15) is 5.82 Å². The molecule has 5 nitrogen and oxygen atoms in total. The first-order chi connectivity index (χ1) is 9.65. The van der Waals surface area contributed by atoms with Gasteiger partial charge in [0, 0.05) is 17.8 Å². The monoisotopic (exact) mass is 271 g/mol. The molecule has 0 spiro atoms. The van der Waals surface area contributed by atoms with Gasteiger partial charge in [0.25, 0.3) is 0 Å². The predicted octanol–water partition coefficient (Wildman–Crippen LogP) is 2.42. The van der Waals surface area contributed by atoms with Gasteiger partial charge in [0.2, 0.25) is 5.56 Å². The molecule has 0 unspecified atom stereocenters. The highest BCUT2D eigenvalue weighted by Gasteiger charge is 2.17. The summed E-state index contributed by atoms with van der Waals surface area (Å²) in [6.45, 7) is 0. The Labute approximate surface area is 112 Å². The van der Waals surface area contributed by atoms with Gasteiger partial charge in [-0.3, -0.25) is 4.79 Å². The molecule has 0 amide bonds. The number of nitrogens with one attached hydrogen (secondary N) is 1. The molecule has 0 saturated carbocycles. The van der Waals surface area contributed by atoms with Crippen LogP contribution in [0.25, 0.3) is 22.5 Å². The van der Waals surface area contributed by atoms with Gasteiger partial charge in [-0.15, -0.1) is 0 Å². The molecule has 0 aliphatic heterocycles. The molecular formula is C14H10FN3O2. The number of nitrogens with two attached hydrogens (primary N) is 1. The summed E-state index contributed by atoms with van der Waals surface area (Å²) in [6.07, 6.45) is 1.50. The number of halogens is 1. The van der Waals surface area contributed by atoms with Crippen LogP contribution in [0.1, 0.15) is 0 Å². The van der Waals surface area contributed by atoms with Crippen molar-refractivity contribution in [2.75, 3.05) is 5.73 Å². The average molecular weight is 271 g/mol. The maximum Gasteiger partial charge on any atom is 0.248 e. The second-order valence-corrected chi connectivity index (χ2v) is 4.22. The van der Waals surface area contributed by atoms with Gasteiger partial charge in [-0.25, -0.2) is 4.39 Å². The summed E-state index contributed by atoms with van der Waals surface area (Å²) in [7, 11) is 0. The third-order valence-corrected chi connectivity index (χ3v) is 2.89. The molecule has 0 aliphatic carbocycles. The molecule has 3 N–H and O–H groups in total. The highest BCUT2D eigenvalue weighted by molar-refractivity contribution is 5.86. The highest BCUT2D eigenvalue weighted by Crippen LogP contribution is 2.35. The van der Waals surface area contributed by atoms with Crippen LogP contribution in [-0.2, 0) is 0 Å². The largest absolute Gasteiger partial charge is 0.380 e. The zero-order valence-corrected chi connectivity index (χ0v) is 10.3. The molecule has 3 aromatic rings. The number of nitrogens with zero attached hydrogens (tertiary/aromatic N) is 1. The third kappa shape index (κ3) is 2.07. The number of hydrogen-bond donors (Lipinski definition) is 2. The third-order valence-electron chi connectivity index (χ3n) is 2.89. The summed E-state index contributed by atoms with van der Waals surface area (Å²) in [5.74, 6) is 0.216. The van der Waals surface area contributed by atoms with Gasteiger partial charge in [0.15, 0.2) is 11.6 Å². The van der Waals surface area contributed by atoms with E-state index in [1.165, 1.54) is 24.4 Å².